The van der Waals surface area contributed by atoms with E-state index in [4.69, 9.17) is 11.5 Å². The van der Waals surface area contributed by atoms with Gasteiger partial charge in [0.05, 0.1) is 0 Å². The Balaban J connectivity index is 2.60. The number of carboxylic acid groups (broad SMARTS) is 1. The topological polar surface area (TPSA) is 70.0 Å². The zero-order valence-corrected chi connectivity index (χ0v) is 8.27. The van der Waals surface area contributed by atoms with Gasteiger partial charge in [-0.15, -0.1) is 12.3 Å². The summed E-state index contributed by atoms with van der Waals surface area (Å²) in [6.07, 6.45) is 6.68. The zero-order chi connectivity index (χ0) is 11.3. The maximum Gasteiger partial charge on any atom is 0.352 e. The molecule has 0 atom stereocenters. The van der Waals surface area contributed by atoms with Gasteiger partial charge in [-0.1, -0.05) is 0 Å². The van der Waals surface area contributed by atoms with E-state index in [9.17, 15) is 9.59 Å². The number of aliphatic carboxylic acids is 1. The Morgan fingerprint density at radius 2 is 2.33 bits per heavy atom. The van der Waals surface area contributed by atoms with Crippen molar-refractivity contribution < 1.29 is 14.7 Å². The van der Waals surface area contributed by atoms with E-state index in [1.54, 1.807) is 0 Å². The number of hydrogen-bond acceptors (Lipinski definition) is 3. The van der Waals surface area contributed by atoms with Crippen molar-refractivity contribution in [3.63, 3.8) is 0 Å². The van der Waals surface area contributed by atoms with Crippen LogP contribution in [0.5, 0.6) is 0 Å². The Kier molecular flexibility index (Phi) is 3.86. The van der Waals surface area contributed by atoms with Crippen LogP contribution in [-0.4, -0.2) is 34.2 Å². The molecule has 0 radical (unpaired) electrons. The summed E-state index contributed by atoms with van der Waals surface area (Å²) in [5.74, 6) is 1.25. The van der Waals surface area contributed by atoms with Crippen molar-refractivity contribution in [2.75, 3.05) is 6.54 Å². The molecule has 0 aromatic heterocycles. The molecule has 0 aromatic rings. The molecule has 5 heteroatoms. The number of carboxylic acids is 1. The lowest BCUT2D eigenvalue weighted by Gasteiger charge is -2.21. The minimum Gasteiger partial charge on any atom is -0.477 e. The molecule has 1 aliphatic heterocycles. The fraction of sp³-hybridized carbons (Fsp3) is 0.500. The molecule has 0 bridgehead atoms. The van der Waals surface area contributed by atoms with Crippen molar-refractivity contribution in [1.82, 2.24) is 5.01 Å². The molecule has 1 heterocycles. The molecule has 1 aliphatic rings. The Hall–Kier alpha value is -1.83. The van der Waals surface area contributed by atoms with Crippen LogP contribution in [0.25, 0.3) is 0 Å². The molecule has 0 unspecified atom stereocenters. The van der Waals surface area contributed by atoms with Gasteiger partial charge >= 0.3 is 5.97 Å². The van der Waals surface area contributed by atoms with Gasteiger partial charge in [-0.25, -0.2) is 9.80 Å². The maximum absolute atomic E-state index is 11.3. The largest absolute Gasteiger partial charge is 0.477 e. The summed E-state index contributed by atoms with van der Waals surface area (Å²) in [6.45, 7) is 0.389. The summed E-state index contributed by atoms with van der Waals surface area (Å²) < 4.78 is 0. The monoisotopic (exact) mass is 208 g/mol. The lowest BCUT2D eigenvalue weighted by atomic mass is 10.1. The number of carbonyl (C=O) groups excluding carboxylic acids is 1. The van der Waals surface area contributed by atoms with Gasteiger partial charge in [-0.05, 0) is 6.42 Å². The van der Waals surface area contributed by atoms with E-state index in [0.717, 1.165) is 0 Å². The van der Waals surface area contributed by atoms with Crippen LogP contribution >= 0.6 is 0 Å². The minimum atomic E-state index is -1.07. The van der Waals surface area contributed by atoms with Crippen molar-refractivity contribution in [3.05, 3.63) is 0 Å². The van der Waals surface area contributed by atoms with Gasteiger partial charge in [-0.2, -0.15) is 5.10 Å². The molecule has 80 valence electrons. The van der Waals surface area contributed by atoms with Crippen LogP contribution in [0.2, 0.25) is 0 Å². The molecule has 0 aliphatic carbocycles. The van der Waals surface area contributed by atoms with Crippen LogP contribution in [0.3, 0.4) is 0 Å². The molecule has 0 saturated carbocycles. The molecule has 15 heavy (non-hydrogen) atoms. The molecule has 0 fully saturated rings. The molecule has 0 aromatic carbocycles. The van der Waals surface area contributed by atoms with Crippen LogP contribution < -0.4 is 0 Å². The first-order valence-corrected chi connectivity index (χ1v) is 4.69. The predicted octanol–water partition coefficient (Wildman–Crippen LogP) is 0.463. The van der Waals surface area contributed by atoms with Crippen molar-refractivity contribution in [2.45, 2.75) is 25.7 Å². The van der Waals surface area contributed by atoms with Crippen LogP contribution in [-0.2, 0) is 9.59 Å². The normalized spacial score (nSPS) is 15.8. The summed E-state index contributed by atoms with van der Waals surface area (Å²) in [7, 11) is 0. The minimum absolute atomic E-state index is 0.0373. The van der Waals surface area contributed by atoms with Gasteiger partial charge in [0.15, 0.2) is 0 Å². The highest BCUT2D eigenvalue weighted by Gasteiger charge is 2.23. The molecule has 0 spiro atoms. The molecule has 1 rings (SSSR count). The van der Waals surface area contributed by atoms with Crippen molar-refractivity contribution in [3.8, 4) is 12.3 Å². The number of unbranched alkanes of at least 4 members (excludes halogenated alkanes) is 1. The number of nitrogens with zero attached hydrogens (tertiary/aromatic N) is 2. The number of hydrazone groups is 1. The number of carbonyl (C=O) groups is 2. The number of hydrogen-bond donors (Lipinski definition) is 1. The highest BCUT2D eigenvalue weighted by atomic mass is 16.4. The molecule has 5 nitrogen and oxygen atoms in total. The first-order chi connectivity index (χ1) is 7.15. The smallest absolute Gasteiger partial charge is 0.352 e. The van der Waals surface area contributed by atoms with Gasteiger partial charge in [0.25, 0.3) is 0 Å². The second-order valence-corrected chi connectivity index (χ2v) is 3.18. The third kappa shape index (κ3) is 3.09. The molecule has 1 N–H and O–H groups in total. The fourth-order valence-corrected chi connectivity index (χ4v) is 1.26. The first kappa shape index (κ1) is 11.2. The van der Waals surface area contributed by atoms with E-state index in [-0.39, 0.29) is 24.5 Å². The van der Waals surface area contributed by atoms with Crippen LogP contribution in [0, 0.1) is 12.3 Å². The van der Waals surface area contributed by atoms with E-state index in [1.165, 1.54) is 5.01 Å². The van der Waals surface area contributed by atoms with Crippen LogP contribution in [0.15, 0.2) is 5.10 Å². The molecule has 1 amide bonds. The third-order valence-corrected chi connectivity index (χ3v) is 2.04. The highest BCUT2D eigenvalue weighted by Crippen LogP contribution is 2.10. The van der Waals surface area contributed by atoms with Crippen LogP contribution in [0.4, 0.5) is 0 Å². The van der Waals surface area contributed by atoms with E-state index >= 15 is 0 Å². The molecular formula is C10H12N2O3. The van der Waals surface area contributed by atoms with E-state index in [2.05, 4.69) is 11.0 Å². The Morgan fingerprint density at radius 3 is 2.93 bits per heavy atom. The first-order valence-electron chi connectivity index (χ1n) is 4.69. The van der Waals surface area contributed by atoms with Gasteiger partial charge in [0, 0.05) is 25.8 Å². The zero-order valence-electron chi connectivity index (χ0n) is 8.27. The summed E-state index contributed by atoms with van der Waals surface area (Å²) in [5, 5.41) is 13.7. The Bertz CT molecular complexity index is 341. The molecular weight excluding hydrogens is 196 g/mol. The Labute approximate surface area is 87.8 Å². The summed E-state index contributed by atoms with van der Waals surface area (Å²) in [4.78, 5) is 22.0. The third-order valence-electron chi connectivity index (χ3n) is 2.04. The van der Waals surface area contributed by atoms with Gasteiger partial charge in [-0.3, -0.25) is 4.79 Å². The number of amides is 1. The van der Waals surface area contributed by atoms with E-state index < -0.39 is 5.97 Å². The van der Waals surface area contributed by atoms with Crippen molar-refractivity contribution >= 4 is 17.6 Å². The average molecular weight is 208 g/mol. The van der Waals surface area contributed by atoms with Gasteiger partial charge in [0.2, 0.25) is 5.91 Å². The second-order valence-electron chi connectivity index (χ2n) is 3.18. The number of terminal acetylenes is 1. The lowest BCUT2D eigenvalue weighted by molar-refractivity contribution is -0.132. The van der Waals surface area contributed by atoms with Gasteiger partial charge < -0.3 is 5.11 Å². The van der Waals surface area contributed by atoms with E-state index in [1.807, 2.05) is 0 Å². The van der Waals surface area contributed by atoms with Gasteiger partial charge in [0.1, 0.15) is 5.71 Å². The predicted molar refractivity (Wildman–Crippen MR) is 54.1 cm³/mol. The SMILES string of the molecule is C#CCCCN1N=C(C(=O)O)CCC1=O. The summed E-state index contributed by atoms with van der Waals surface area (Å²) in [5.41, 5.74) is 0.0373. The quantitative estimate of drug-likeness (QED) is 0.539. The van der Waals surface area contributed by atoms with Crippen LogP contribution in [0.1, 0.15) is 25.7 Å². The van der Waals surface area contributed by atoms with Crippen molar-refractivity contribution in [2.24, 2.45) is 5.10 Å². The maximum atomic E-state index is 11.3. The second kappa shape index (κ2) is 5.15. The number of rotatable bonds is 4. The fourth-order valence-electron chi connectivity index (χ4n) is 1.26. The average Bonchev–Trinajstić information content (AvgIpc) is 2.20. The lowest BCUT2D eigenvalue weighted by Crippen LogP contribution is -2.34. The summed E-state index contributed by atoms with van der Waals surface area (Å²) in [6, 6.07) is 0. The molecule has 0 saturated heterocycles. The standard InChI is InChI=1S/C10H12N2O3/c1-2-3-4-7-12-9(13)6-5-8(11-12)10(14)15/h1H,3-7H2,(H,14,15). The highest BCUT2D eigenvalue weighted by molar-refractivity contribution is 6.36. The Morgan fingerprint density at radius 1 is 1.60 bits per heavy atom. The van der Waals surface area contributed by atoms with E-state index in [0.29, 0.717) is 19.4 Å². The van der Waals surface area contributed by atoms with Crippen molar-refractivity contribution in [1.29, 1.82) is 0 Å². The summed E-state index contributed by atoms with van der Waals surface area (Å²) >= 11 is 0.